The van der Waals surface area contributed by atoms with Crippen LogP contribution in [0.1, 0.15) is 103 Å². The van der Waals surface area contributed by atoms with Crippen LogP contribution in [0.4, 0.5) is 0 Å². The van der Waals surface area contributed by atoms with E-state index < -0.39 is 7.32 Å². The zero-order valence-electron chi connectivity index (χ0n) is 13.8. The van der Waals surface area contributed by atoms with Crippen LogP contribution in [0.2, 0.25) is 0 Å². The molecule has 1 fully saturated rings. The van der Waals surface area contributed by atoms with E-state index in [2.05, 4.69) is 0 Å². The minimum absolute atomic E-state index is 0.0284. The van der Waals surface area contributed by atoms with Gasteiger partial charge < -0.3 is 14.7 Å². The average molecular weight is 298 g/mol. The summed E-state index contributed by atoms with van der Waals surface area (Å²) in [4.78, 5) is 0. The molecule has 0 unspecified atom stereocenters. The van der Waals surface area contributed by atoms with Gasteiger partial charge in [0.25, 0.3) is 0 Å². The highest BCUT2D eigenvalue weighted by atomic mass is 16.6. The van der Waals surface area contributed by atoms with Gasteiger partial charge in [-0.3, -0.25) is 0 Å². The normalized spacial score (nSPS) is 22.6. The molecule has 124 valence electrons. The van der Waals surface area contributed by atoms with E-state index >= 15 is 0 Å². The highest BCUT2D eigenvalue weighted by molar-refractivity contribution is 6.32. The second-order valence-corrected chi connectivity index (χ2v) is 6.61. The van der Waals surface area contributed by atoms with Gasteiger partial charge in [-0.1, -0.05) is 89.9 Å². The van der Waals surface area contributed by atoms with Crippen LogP contribution in [0.3, 0.4) is 0 Å². The molecule has 2 N–H and O–H groups in total. The van der Waals surface area contributed by atoms with Crippen molar-refractivity contribution in [2.75, 3.05) is 0 Å². The summed E-state index contributed by atoms with van der Waals surface area (Å²) < 4.78 is 5.23. The first kappa shape index (κ1) is 19.0. The lowest BCUT2D eigenvalue weighted by molar-refractivity contribution is 0.101. The Hall–Kier alpha value is -0.0551. The summed E-state index contributed by atoms with van der Waals surface area (Å²) in [6.07, 6.45) is 20.5. The zero-order valence-corrected chi connectivity index (χ0v) is 13.8. The topological polar surface area (TPSA) is 49.7 Å². The van der Waals surface area contributed by atoms with Gasteiger partial charge in [-0.05, 0) is 12.8 Å². The minimum atomic E-state index is -1.61. The molecule has 0 aromatic carbocycles. The Morgan fingerprint density at radius 2 is 0.810 bits per heavy atom. The van der Waals surface area contributed by atoms with Crippen LogP contribution in [-0.2, 0) is 4.65 Å². The Morgan fingerprint density at radius 1 is 0.524 bits per heavy atom. The maximum absolute atomic E-state index is 9.01. The lowest BCUT2D eigenvalue weighted by atomic mass is 10.0. The Kier molecular flexibility index (Phi) is 12.3. The van der Waals surface area contributed by atoms with Gasteiger partial charge in [0.2, 0.25) is 0 Å². The molecule has 0 saturated heterocycles. The van der Waals surface area contributed by atoms with Crippen LogP contribution in [0.25, 0.3) is 0 Å². The van der Waals surface area contributed by atoms with Crippen molar-refractivity contribution >= 4 is 7.32 Å². The third-order valence-electron chi connectivity index (χ3n) is 4.62. The van der Waals surface area contributed by atoms with Crippen LogP contribution in [0, 0.1) is 0 Å². The maximum atomic E-state index is 9.01. The first-order valence-electron chi connectivity index (χ1n) is 9.30. The third-order valence-corrected chi connectivity index (χ3v) is 4.62. The molecule has 0 spiro atoms. The van der Waals surface area contributed by atoms with Gasteiger partial charge in [0, 0.05) is 6.10 Å². The molecule has 1 aliphatic rings. The summed E-state index contributed by atoms with van der Waals surface area (Å²) in [6, 6.07) is 0. The standard InChI is InChI=1S/C17H35BO3/c19-18(20)21-17-15-13-11-9-7-5-3-1-2-4-6-8-10-12-14-16-17/h17,19-20H,1-16H2. The summed E-state index contributed by atoms with van der Waals surface area (Å²) in [5.41, 5.74) is 0. The molecule has 1 aliphatic carbocycles. The fraction of sp³-hybridized carbons (Fsp3) is 1.00. The monoisotopic (exact) mass is 298 g/mol. The summed E-state index contributed by atoms with van der Waals surface area (Å²) in [5.74, 6) is 0. The van der Waals surface area contributed by atoms with Gasteiger partial charge in [-0.15, -0.1) is 0 Å². The van der Waals surface area contributed by atoms with Gasteiger partial charge in [0.15, 0.2) is 0 Å². The molecule has 0 amide bonds. The van der Waals surface area contributed by atoms with E-state index in [0.717, 1.165) is 25.7 Å². The van der Waals surface area contributed by atoms with Gasteiger partial charge in [0.05, 0.1) is 0 Å². The second-order valence-electron chi connectivity index (χ2n) is 6.61. The lowest BCUT2D eigenvalue weighted by Gasteiger charge is -2.17. The van der Waals surface area contributed by atoms with E-state index in [0.29, 0.717) is 0 Å². The zero-order chi connectivity index (χ0) is 15.2. The highest BCUT2D eigenvalue weighted by Gasteiger charge is 2.17. The van der Waals surface area contributed by atoms with E-state index in [1.807, 2.05) is 0 Å². The summed E-state index contributed by atoms with van der Waals surface area (Å²) in [6.45, 7) is 0. The van der Waals surface area contributed by atoms with Gasteiger partial charge in [-0.2, -0.15) is 0 Å². The number of rotatable bonds is 2. The molecular weight excluding hydrogens is 263 g/mol. The largest absolute Gasteiger partial charge is 0.634 e. The summed E-state index contributed by atoms with van der Waals surface area (Å²) >= 11 is 0. The number of hydrogen-bond donors (Lipinski definition) is 2. The molecule has 21 heavy (non-hydrogen) atoms. The maximum Gasteiger partial charge on any atom is 0.634 e. The van der Waals surface area contributed by atoms with Crippen LogP contribution >= 0.6 is 0 Å². The van der Waals surface area contributed by atoms with Crippen molar-refractivity contribution in [2.45, 2.75) is 109 Å². The van der Waals surface area contributed by atoms with E-state index in [1.165, 1.54) is 77.0 Å². The molecule has 0 bridgehead atoms. The molecule has 1 saturated carbocycles. The molecule has 0 atom stereocenters. The van der Waals surface area contributed by atoms with Crippen molar-refractivity contribution in [1.82, 2.24) is 0 Å². The van der Waals surface area contributed by atoms with Crippen LogP contribution in [0.15, 0.2) is 0 Å². The van der Waals surface area contributed by atoms with Gasteiger partial charge in [0.1, 0.15) is 0 Å². The first-order valence-corrected chi connectivity index (χ1v) is 9.30. The fourth-order valence-electron chi connectivity index (χ4n) is 3.32. The third kappa shape index (κ3) is 12.2. The van der Waals surface area contributed by atoms with Crippen LogP contribution in [0.5, 0.6) is 0 Å². The van der Waals surface area contributed by atoms with Crippen molar-refractivity contribution in [1.29, 1.82) is 0 Å². The van der Waals surface area contributed by atoms with E-state index in [9.17, 15) is 0 Å². The lowest BCUT2D eigenvalue weighted by Crippen LogP contribution is -2.25. The Labute approximate surface area is 131 Å². The second kappa shape index (κ2) is 13.6. The predicted octanol–water partition coefficient (Wildman–Crippen LogP) is 4.60. The van der Waals surface area contributed by atoms with E-state index in [1.54, 1.807) is 0 Å². The fourth-order valence-corrected chi connectivity index (χ4v) is 3.32. The van der Waals surface area contributed by atoms with Crippen molar-refractivity contribution in [2.24, 2.45) is 0 Å². The van der Waals surface area contributed by atoms with Crippen molar-refractivity contribution in [3.8, 4) is 0 Å². The molecule has 0 aromatic heterocycles. The molecule has 0 aromatic rings. The Bertz CT molecular complexity index is 206. The van der Waals surface area contributed by atoms with E-state index in [4.69, 9.17) is 14.7 Å². The quantitative estimate of drug-likeness (QED) is 0.733. The highest BCUT2D eigenvalue weighted by Crippen LogP contribution is 2.18. The van der Waals surface area contributed by atoms with Crippen molar-refractivity contribution < 1.29 is 14.7 Å². The summed E-state index contributed by atoms with van der Waals surface area (Å²) in [7, 11) is -1.61. The Balaban J connectivity index is 2.24. The predicted molar refractivity (Wildman–Crippen MR) is 88.9 cm³/mol. The van der Waals surface area contributed by atoms with Crippen LogP contribution < -0.4 is 0 Å². The van der Waals surface area contributed by atoms with Crippen molar-refractivity contribution in [3.05, 3.63) is 0 Å². The number of hydrogen-bond acceptors (Lipinski definition) is 3. The first-order chi connectivity index (χ1) is 10.3. The molecule has 4 heteroatoms. The molecule has 0 aliphatic heterocycles. The average Bonchev–Trinajstić information content (AvgIpc) is 2.45. The van der Waals surface area contributed by atoms with Gasteiger partial charge >= 0.3 is 7.32 Å². The molecule has 3 nitrogen and oxygen atoms in total. The SMILES string of the molecule is OB(O)OC1CCCCCCCCCCCCCCCC1. The molecular formula is C17H35BO3. The molecule has 1 rings (SSSR count). The molecule has 0 heterocycles. The summed E-state index contributed by atoms with van der Waals surface area (Å²) in [5, 5.41) is 18.0. The van der Waals surface area contributed by atoms with Gasteiger partial charge in [-0.25, -0.2) is 0 Å². The minimum Gasteiger partial charge on any atom is -0.402 e. The van der Waals surface area contributed by atoms with Crippen LogP contribution in [-0.4, -0.2) is 23.5 Å². The smallest absolute Gasteiger partial charge is 0.402 e. The Morgan fingerprint density at radius 3 is 1.10 bits per heavy atom. The molecule has 0 radical (unpaired) electrons. The van der Waals surface area contributed by atoms with Crippen molar-refractivity contribution in [3.63, 3.8) is 0 Å². The van der Waals surface area contributed by atoms with E-state index in [-0.39, 0.29) is 6.10 Å².